The molecule has 58 valence electrons. The summed E-state index contributed by atoms with van der Waals surface area (Å²) in [7, 11) is 0. The number of aryl methyl sites for hydroxylation is 1. The van der Waals surface area contributed by atoms with Crippen molar-refractivity contribution in [1.29, 1.82) is 0 Å². The lowest BCUT2D eigenvalue weighted by atomic mass is 10.4. The molecular weight excluding hydrogens is 202 g/mol. The summed E-state index contributed by atoms with van der Waals surface area (Å²) in [6.07, 6.45) is 4.98. The third-order valence-electron chi connectivity index (χ3n) is 1.46. The van der Waals surface area contributed by atoms with Crippen LogP contribution in [0.15, 0.2) is 41.7 Å². The molecule has 0 spiro atoms. The van der Waals surface area contributed by atoms with Crippen LogP contribution in [0, 0.1) is 0 Å². The molecule has 1 rings (SSSR count). The van der Waals surface area contributed by atoms with Gasteiger partial charge < -0.3 is 0 Å². The molecule has 0 aliphatic carbocycles. The molecule has 0 aromatic carbocycles. The Bertz CT molecular complexity index is 245. The number of halogens is 1. The molecule has 1 aromatic heterocycles. The second-order valence-corrected chi connectivity index (χ2v) is 3.11. The van der Waals surface area contributed by atoms with Gasteiger partial charge in [-0.3, -0.25) is 0 Å². The highest BCUT2D eigenvalue weighted by Gasteiger charge is 2.02. The van der Waals surface area contributed by atoms with Crippen LogP contribution in [0.25, 0.3) is 0 Å². The van der Waals surface area contributed by atoms with Gasteiger partial charge in [-0.1, -0.05) is 6.08 Å². The van der Waals surface area contributed by atoms with E-state index in [2.05, 4.69) is 27.1 Å². The maximum atomic E-state index is 3.68. The summed E-state index contributed by atoms with van der Waals surface area (Å²) in [6.45, 7) is 4.67. The number of hydrogen-bond acceptors (Lipinski definition) is 0. The number of allylic oxidation sites excluding steroid dienone is 1. The van der Waals surface area contributed by atoms with Crippen molar-refractivity contribution in [3.05, 3.63) is 41.7 Å². The smallest absolute Gasteiger partial charge is 0.193 e. The Kier molecular flexibility index (Phi) is 3.30. The zero-order valence-corrected chi connectivity index (χ0v) is 7.92. The van der Waals surface area contributed by atoms with Crippen molar-refractivity contribution in [2.75, 3.05) is 0 Å². The molecule has 0 saturated carbocycles. The van der Waals surface area contributed by atoms with Gasteiger partial charge in [0.15, 0.2) is 12.7 Å². The highest BCUT2D eigenvalue weighted by molar-refractivity contribution is 9.10. The Morgan fingerprint density at radius 2 is 2.36 bits per heavy atom. The predicted octanol–water partition coefficient (Wildman–Crippen LogP) is 2.31. The van der Waals surface area contributed by atoms with Crippen LogP contribution in [0.3, 0.4) is 0 Å². The van der Waals surface area contributed by atoms with Crippen molar-refractivity contribution < 1.29 is 4.57 Å². The van der Waals surface area contributed by atoms with E-state index in [1.807, 2.05) is 30.5 Å². The summed E-state index contributed by atoms with van der Waals surface area (Å²) in [6, 6.07) is 6.06. The SMILES string of the molecule is C=CCC[n+]1ccccc1Br. The third kappa shape index (κ3) is 2.46. The van der Waals surface area contributed by atoms with Crippen LogP contribution in [0.4, 0.5) is 0 Å². The molecule has 11 heavy (non-hydrogen) atoms. The highest BCUT2D eigenvalue weighted by atomic mass is 79.9. The molecule has 0 radical (unpaired) electrons. The van der Waals surface area contributed by atoms with Gasteiger partial charge in [0.05, 0.1) is 0 Å². The van der Waals surface area contributed by atoms with Crippen molar-refractivity contribution in [3.63, 3.8) is 0 Å². The van der Waals surface area contributed by atoms with Gasteiger partial charge >= 0.3 is 0 Å². The Balaban J connectivity index is 2.69. The Morgan fingerprint density at radius 3 is 3.00 bits per heavy atom. The summed E-state index contributed by atoms with van der Waals surface area (Å²) in [5.41, 5.74) is 0. The first kappa shape index (κ1) is 8.47. The first-order chi connectivity index (χ1) is 5.34. The van der Waals surface area contributed by atoms with Gasteiger partial charge in [0.2, 0.25) is 4.60 Å². The minimum Gasteiger partial charge on any atom is -0.193 e. The quantitative estimate of drug-likeness (QED) is 0.412. The minimum absolute atomic E-state index is 0.991. The van der Waals surface area contributed by atoms with Crippen molar-refractivity contribution >= 4 is 15.9 Å². The van der Waals surface area contributed by atoms with Gasteiger partial charge in [-0.2, -0.15) is 4.57 Å². The molecule has 1 heterocycles. The van der Waals surface area contributed by atoms with E-state index in [0.717, 1.165) is 17.6 Å². The molecule has 2 heteroatoms. The number of nitrogens with zero attached hydrogens (tertiary/aromatic N) is 1. The van der Waals surface area contributed by atoms with Gasteiger partial charge in [0.25, 0.3) is 0 Å². The normalized spacial score (nSPS) is 9.55. The largest absolute Gasteiger partial charge is 0.247 e. The number of aromatic nitrogens is 1. The first-order valence-electron chi connectivity index (χ1n) is 3.59. The second-order valence-electron chi connectivity index (χ2n) is 2.29. The third-order valence-corrected chi connectivity index (χ3v) is 2.18. The zero-order chi connectivity index (χ0) is 8.10. The van der Waals surface area contributed by atoms with E-state index in [9.17, 15) is 0 Å². The molecule has 0 aliphatic heterocycles. The summed E-state index contributed by atoms with van der Waals surface area (Å²) in [4.78, 5) is 0. The standard InChI is InChI=1S/C9H11BrN/c1-2-3-7-11-8-5-4-6-9(11)10/h2,4-6,8H,1,3,7H2/q+1. The fourth-order valence-electron chi connectivity index (χ4n) is 0.867. The number of rotatable bonds is 3. The maximum Gasteiger partial charge on any atom is 0.247 e. The summed E-state index contributed by atoms with van der Waals surface area (Å²) < 4.78 is 3.25. The predicted molar refractivity (Wildman–Crippen MR) is 49.2 cm³/mol. The van der Waals surface area contributed by atoms with Crippen LogP contribution in [0.5, 0.6) is 0 Å². The van der Waals surface area contributed by atoms with E-state index < -0.39 is 0 Å². The van der Waals surface area contributed by atoms with E-state index in [4.69, 9.17) is 0 Å². The molecule has 0 N–H and O–H groups in total. The molecular formula is C9H11BrN+. The Labute approximate surface area is 75.5 Å². The van der Waals surface area contributed by atoms with E-state index in [0.29, 0.717) is 0 Å². The van der Waals surface area contributed by atoms with Gasteiger partial charge in [-0.05, 0) is 6.07 Å². The summed E-state index contributed by atoms with van der Waals surface area (Å²) in [5.74, 6) is 0. The molecule has 1 aromatic rings. The van der Waals surface area contributed by atoms with Gasteiger partial charge in [0, 0.05) is 34.5 Å². The topological polar surface area (TPSA) is 3.88 Å². The van der Waals surface area contributed by atoms with Crippen LogP contribution in [-0.2, 0) is 6.54 Å². The Morgan fingerprint density at radius 1 is 1.55 bits per heavy atom. The molecule has 1 nitrogen and oxygen atoms in total. The average molecular weight is 213 g/mol. The lowest BCUT2D eigenvalue weighted by Gasteiger charge is -1.94. The molecule has 0 bridgehead atoms. The van der Waals surface area contributed by atoms with Crippen LogP contribution < -0.4 is 4.57 Å². The van der Waals surface area contributed by atoms with Gasteiger partial charge in [-0.15, -0.1) is 6.58 Å². The lowest BCUT2D eigenvalue weighted by Crippen LogP contribution is -2.34. The molecule has 0 saturated heterocycles. The van der Waals surface area contributed by atoms with Crippen molar-refractivity contribution in [2.24, 2.45) is 0 Å². The van der Waals surface area contributed by atoms with Crippen LogP contribution >= 0.6 is 15.9 Å². The zero-order valence-electron chi connectivity index (χ0n) is 6.33. The van der Waals surface area contributed by atoms with E-state index in [-0.39, 0.29) is 0 Å². The van der Waals surface area contributed by atoms with Crippen LogP contribution in [0.2, 0.25) is 0 Å². The van der Waals surface area contributed by atoms with Crippen LogP contribution in [-0.4, -0.2) is 0 Å². The van der Waals surface area contributed by atoms with Gasteiger partial charge in [-0.25, -0.2) is 0 Å². The van der Waals surface area contributed by atoms with Crippen molar-refractivity contribution in [3.8, 4) is 0 Å². The molecule has 0 fully saturated rings. The summed E-state index contributed by atoms with van der Waals surface area (Å²) in [5, 5.41) is 0. The highest BCUT2D eigenvalue weighted by Crippen LogP contribution is 2.00. The first-order valence-corrected chi connectivity index (χ1v) is 4.39. The Hall–Kier alpha value is -0.630. The van der Waals surface area contributed by atoms with Crippen molar-refractivity contribution in [1.82, 2.24) is 0 Å². The fraction of sp³-hybridized carbons (Fsp3) is 0.222. The lowest BCUT2D eigenvalue weighted by molar-refractivity contribution is -0.706. The van der Waals surface area contributed by atoms with Crippen molar-refractivity contribution in [2.45, 2.75) is 13.0 Å². The molecule has 0 atom stereocenters. The second kappa shape index (κ2) is 4.29. The average Bonchev–Trinajstić information content (AvgIpc) is 2.03. The number of hydrogen-bond donors (Lipinski definition) is 0. The molecule has 0 amide bonds. The number of pyridine rings is 1. The molecule has 0 unspecified atom stereocenters. The minimum atomic E-state index is 0.991. The molecule has 0 aliphatic rings. The fourth-order valence-corrected chi connectivity index (χ4v) is 1.32. The van der Waals surface area contributed by atoms with E-state index >= 15 is 0 Å². The summed E-state index contributed by atoms with van der Waals surface area (Å²) >= 11 is 3.46. The van der Waals surface area contributed by atoms with Gasteiger partial charge in [0.1, 0.15) is 0 Å². The van der Waals surface area contributed by atoms with E-state index in [1.165, 1.54) is 0 Å². The van der Waals surface area contributed by atoms with E-state index in [1.54, 1.807) is 0 Å². The van der Waals surface area contributed by atoms with Crippen LogP contribution in [0.1, 0.15) is 6.42 Å². The monoisotopic (exact) mass is 212 g/mol. The maximum absolute atomic E-state index is 3.68.